The molecule has 0 amide bonds. The summed E-state index contributed by atoms with van der Waals surface area (Å²) >= 11 is 0. The molecule has 1 atom stereocenters. The zero-order chi connectivity index (χ0) is 16.5. The van der Waals surface area contributed by atoms with Crippen molar-refractivity contribution in [3.63, 3.8) is 0 Å². The van der Waals surface area contributed by atoms with E-state index in [0.29, 0.717) is 5.69 Å². The van der Waals surface area contributed by atoms with Crippen LogP contribution in [0.5, 0.6) is 0 Å². The van der Waals surface area contributed by atoms with Gasteiger partial charge in [-0.3, -0.25) is 10.1 Å². The highest BCUT2D eigenvalue weighted by atomic mass is 16.6. The molecule has 22 heavy (non-hydrogen) atoms. The summed E-state index contributed by atoms with van der Waals surface area (Å²) in [6.45, 7) is 6.80. The lowest BCUT2D eigenvalue weighted by atomic mass is 10.1. The average molecular weight is 306 g/mol. The quantitative estimate of drug-likeness (QED) is 0.534. The Kier molecular flexibility index (Phi) is 7.29. The molecule has 0 aromatic heterocycles. The van der Waals surface area contributed by atoms with Crippen LogP contribution in [0, 0.1) is 21.4 Å². The molecule has 0 radical (unpaired) electrons. The number of nitrogens with one attached hydrogen (secondary N) is 1. The Balaban J connectivity index is 2.78. The molecular formula is C15H22N4O3. The van der Waals surface area contributed by atoms with Crippen LogP contribution in [-0.2, 0) is 0 Å². The van der Waals surface area contributed by atoms with Gasteiger partial charge in [-0.15, -0.1) is 0 Å². The second-order valence-corrected chi connectivity index (χ2v) is 4.94. The molecule has 1 aromatic rings. The Morgan fingerprint density at radius 3 is 2.64 bits per heavy atom. The molecule has 0 aliphatic carbocycles. The van der Waals surface area contributed by atoms with Crippen LogP contribution in [0.15, 0.2) is 18.2 Å². The van der Waals surface area contributed by atoms with Crippen molar-refractivity contribution in [2.24, 2.45) is 0 Å². The van der Waals surface area contributed by atoms with E-state index in [0.717, 1.165) is 26.1 Å². The van der Waals surface area contributed by atoms with Gasteiger partial charge in [0.1, 0.15) is 6.07 Å². The summed E-state index contributed by atoms with van der Waals surface area (Å²) in [6, 6.07) is 5.85. The van der Waals surface area contributed by atoms with Crippen molar-refractivity contribution >= 4 is 11.4 Å². The Bertz CT molecular complexity index is 538. The number of nitro benzene ring substituents is 1. The molecule has 7 nitrogen and oxygen atoms in total. The molecule has 0 aliphatic heterocycles. The van der Waals surface area contributed by atoms with Crippen LogP contribution in [0.1, 0.15) is 25.8 Å². The van der Waals surface area contributed by atoms with E-state index >= 15 is 0 Å². The third-order valence-corrected chi connectivity index (χ3v) is 3.60. The van der Waals surface area contributed by atoms with E-state index in [2.05, 4.69) is 24.1 Å². The van der Waals surface area contributed by atoms with Crippen LogP contribution < -0.4 is 5.32 Å². The number of aliphatic hydroxyl groups is 1. The maximum absolute atomic E-state index is 10.7. The fraction of sp³-hybridized carbons (Fsp3) is 0.533. The highest BCUT2D eigenvalue weighted by Crippen LogP contribution is 2.22. The van der Waals surface area contributed by atoms with E-state index in [4.69, 9.17) is 5.26 Å². The minimum absolute atomic E-state index is 0.0663. The van der Waals surface area contributed by atoms with Crippen molar-refractivity contribution in [2.45, 2.75) is 26.3 Å². The number of anilines is 1. The third-order valence-electron chi connectivity index (χ3n) is 3.60. The number of benzene rings is 1. The number of aliphatic hydroxyl groups excluding tert-OH is 1. The Morgan fingerprint density at radius 1 is 1.45 bits per heavy atom. The molecule has 1 aromatic carbocycles. The molecule has 0 saturated heterocycles. The molecule has 0 bridgehead atoms. The first kappa shape index (κ1) is 17.9. The lowest BCUT2D eigenvalue weighted by molar-refractivity contribution is -0.384. The summed E-state index contributed by atoms with van der Waals surface area (Å²) in [7, 11) is 0. The van der Waals surface area contributed by atoms with Crippen molar-refractivity contribution in [2.75, 3.05) is 31.6 Å². The van der Waals surface area contributed by atoms with Gasteiger partial charge >= 0.3 is 0 Å². The summed E-state index contributed by atoms with van der Waals surface area (Å²) in [5.41, 5.74) is 0.591. The number of nitro groups is 1. The molecule has 0 heterocycles. The second-order valence-electron chi connectivity index (χ2n) is 4.94. The predicted octanol–water partition coefficient (Wildman–Crippen LogP) is 1.97. The number of non-ortho nitro benzene ring substituents is 1. The molecule has 0 aliphatic rings. The van der Waals surface area contributed by atoms with E-state index in [9.17, 15) is 15.2 Å². The van der Waals surface area contributed by atoms with Gasteiger partial charge in [-0.2, -0.15) is 5.26 Å². The fourth-order valence-corrected chi connectivity index (χ4v) is 2.17. The van der Waals surface area contributed by atoms with Gasteiger partial charge in [0.2, 0.25) is 0 Å². The van der Waals surface area contributed by atoms with Gasteiger partial charge < -0.3 is 15.3 Å². The molecule has 0 spiro atoms. The Labute approximate surface area is 130 Å². The van der Waals surface area contributed by atoms with E-state index < -0.39 is 4.92 Å². The fourth-order valence-electron chi connectivity index (χ4n) is 2.17. The van der Waals surface area contributed by atoms with Crippen LogP contribution in [-0.4, -0.2) is 47.2 Å². The molecule has 0 saturated carbocycles. The molecule has 120 valence electrons. The van der Waals surface area contributed by atoms with Crippen molar-refractivity contribution < 1.29 is 10.0 Å². The van der Waals surface area contributed by atoms with E-state index in [1.807, 2.05) is 6.07 Å². The average Bonchev–Trinajstić information content (AvgIpc) is 2.54. The van der Waals surface area contributed by atoms with Gasteiger partial charge in [-0.25, -0.2) is 0 Å². The zero-order valence-corrected chi connectivity index (χ0v) is 13.0. The Morgan fingerprint density at radius 2 is 2.14 bits per heavy atom. The third kappa shape index (κ3) is 4.98. The van der Waals surface area contributed by atoms with Crippen LogP contribution in [0.4, 0.5) is 11.4 Å². The lowest BCUT2D eigenvalue weighted by Crippen LogP contribution is -2.32. The smallest absolute Gasteiger partial charge is 0.270 e. The number of nitriles is 1. The maximum atomic E-state index is 10.7. The van der Waals surface area contributed by atoms with Crippen molar-refractivity contribution in [1.82, 2.24) is 4.90 Å². The normalized spacial score (nSPS) is 12.0. The number of hydrogen-bond donors (Lipinski definition) is 2. The van der Waals surface area contributed by atoms with Crippen molar-refractivity contribution in [1.29, 1.82) is 5.26 Å². The van der Waals surface area contributed by atoms with Crippen LogP contribution in [0.2, 0.25) is 0 Å². The summed E-state index contributed by atoms with van der Waals surface area (Å²) in [6.07, 6.45) is 0.722. The first-order valence-corrected chi connectivity index (χ1v) is 7.33. The molecular weight excluding hydrogens is 284 g/mol. The van der Waals surface area contributed by atoms with Crippen LogP contribution in [0.3, 0.4) is 0 Å². The van der Waals surface area contributed by atoms with Crippen molar-refractivity contribution in [3.8, 4) is 6.07 Å². The highest BCUT2D eigenvalue weighted by Gasteiger charge is 2.14. The zero-order valence-electron chi connectivity index (χ0n) is 13.0. The number of hydrogen-bond acceptors (Lipinski definition) is 6. The first-order chi connectivity index (χ1) is 10.5. The predicted molar refractivity (Wildman–Crippen MR) is 84.7 cm³/mol. The van der Waals surface area contributed by atoms with Gasteiger partial charge in [-0.05, 0) is 25.6 Å². The molecule has 1 rings (SSSR count). The lowest BCUT2D eigenvalue weighted by Gasteiger charge is -2.23. The summed E-state index contributed by atoms with van der Waals surface area (Å²) in [5, 5.41) is 32.4. The van der Waals surface area contributed by atoms with Crippen molar-refractivity contribution in [3.05, 3.63) is 33.9 Å². The van der Waals surface area contributed by atoms with E-state index in [1.54, 1.807) is 0 Å². The summed E-state index contributed by atoms with van der Waals surface area (Å²) in [5.74, 6) is 0. The number of nitrogens with zero attached hydrogens (tertiary/aromatic N) is 3. The van der Waals surface area contributed by atoms with Gasteiger partial charge in [-0.1, -0.05) is 13.8 Å². The van der Waals surface area contributed by atoms with Gasteiger partial charge in [0.05, 0.1) is 28.8 Å². The van der Waals surface area contributed by atoms with Gasteiger partial charge in [0.25, 0.3) is 5.69 Å². The number of rotatable bonds is 9. The monoisotopic (exact) mass is 306 g/mol. The summed E-state index contributed by atoms with van der Waals surface area (Å²) < 4.78 is 0. The van der Waals surface area contributed by atoms with Crippen LogP contribution in [0.25, 0.3) is 0 Å². The minimum atomic E-state index is -0.533. The molecule has 7 heteroatoms. The second kappa shape index (κ2) is 8.97. The van der Waals surface area contributed by atoms with Crippen LogP contribution >= 0.6 is 0 Å². The molecule has 1 unspecified atom stereocenters. The topological polar surface area (TPSA) is 102 Å². The maximum Gasteiger partial charge on any atom is 0.270 e. The minimum Gasteiger partial charge on any atom is -0.394 e. The Hall–Kier alpha value is -2.17. The van der Waals surface area contributed by atoms with E-state index in [-0.39, 0.29) is 23.9 Å². The summed E-state index contributed by atoms with van der Waals surface area (Å²) in [4.78, 5) is 12.4. The molecule has 2 N–H and O–H groups in total. The van der Waals surface area contributed by atoms with E-state index in [1.165, 1.54) is 18.2 Å². The molecule has 0 fully saturated rings. The van der Waals surface area contributed by atoms with Gasteiger partial charge in [0.15, 0.2) is 0 Å². The van der Waals surface area contributed by atoms with Gasteiger partial charge in [0, 0.05) is 18.7 Å². The highest BCUT2D eigenvalue weighted by molar-refractivity contribution is 5.61. The SMILES string of the molecule is CCN(CC)CCC(CO)Nc1ccc([N+](=O)[O-])cc1C#N. The largest absolute Gasteiger partial charge is 0.394 e. The standard InChI is InChI=1S/C15H22N4O3/c1-3-18(4-2)8-7-13(11-20)17-15-6-5-14(19(21)22)9-12(15)10-16/h5-6,9,13,17,20H,3-4,7-8,11H2,1-2H3. The first-order valence-electron chi connectivity index (χ1n) is 7.33.